The van der Waals surface area contributed by atoms with Gasteiger partial charge in [0.2, 0.25) is 0 Å². The van der Waals surface area contributed by atoms with Gasteiger partial charge in [0.05, 0.1) is 0 Å². The monoisotopic (exact) mass is 234 g/mol. The van der Waals surface area contributed by atoms with E-state index in [2.05, 4.69) is 19.9 Å². The lowest BCUT2D eigenvalue weighted by Gasteiger charge is -1.99. The van der Waals surface area contributed by atoms with Crippen LogP contribution in [0.2, 0.25) is 0 Å². The predicted octanol–water partition coefficient (Wildman–Crippen LogP) is 3.78. The van der Waals surface area contributed by atoms with Gasteiger partial charge in [0.15, 0.2) is 5.78 Å². The molecule has 0 atom stereocenters. The first-order valence-electron chi connectivity index (χ1n) is 5.90. The van der Waals surface area contributed by atoms with Gasteiger partial charge < -0.3 is 0 Å². The molecule has 0 saturated carbocycles. The van der Waals surface area contributed by atoms with Crippen LogP contribution >= 0.6 is 0 Å². The fraction of sp³-hybridized carbons (Fsp3) is 0.467. The molecular weight excluding hydrogens is 212 g/mol. The summed E-state index contributed by atoms with van der Waals surface area (Å²) in [6, 6.07) is 0. The molecule has 0 heterocycles. The summed E-state index contributed by atoms with van der Waals surface area (Å²) in [5.74, 6) is 0.0651. The second kappa shape index (κ2) is 8.68. The zero-order valence-corrected chi connectivity index (χ0v) is 11.2. The minimum atomic E-state index is 0.0651. The fourth-order valence-electron chi connectivity index (χ4n) is 1.44. The van der Waals surface area contributed by atoms with Crippen LogP contribution in [0.25, 0.3) is 0 Å². The van der Waals surface area contributed by atoms with E-state index in [4.69, 9.17) is 0 Å². The van der Waals surface area contributed by atoms with Gasteiger partial charge in [-0.15, -0.1) is 0 Å². The van der Waals surface area contributed by atoms with Gasteiger partial charge in [-0.1, -0.05) is 22.8 Å². The lowest BCUT2D eigenvalue weighted by Crippen LogP contribution is -1.95. The molecule has 17 heavy (non-hydrogen) atoms. The Morgan fingerprint density at radius 2 is 1.71 bits per heavy atom. The molecule has 0 amide bonds. The number of aldehydes is 1. The third-order valence-corrected chi connectivity index (χ3v) is 2.30. The maximum absolute atomic E-state index is 11.6. The van der Waals surface area contributed by atoms with E-state index < -0.39 is 0 Å². The van der Waals surface area contributed by atoms with Crippen LogP contribution in [0.5, 0.6) is 0 Å². The Morgan fingerprint density at radius 1 is 1.06 bits per heavy atom. The van der Waals surface area contributed by atoms with E-state index in [1.165, 1.54) is 11.6 Å². The summed E-state index contributed by atoms with van der Waals surface area (Å²) < 4.78 is 0. The molecule has 0 bridgehead atoms. The molecule has 2 nitrogen and oxygen atoms in total. The van der Waals surface area contributed by atoms with Crippen molar-refractivity contribution in [3.8, 4) is 0 Å². The van der Waals surface area contributed by atoms with Gasteiger partial charge >= 0.3 is 0 Å². The summed E-state index contributed by atoms with van der Waals surface area (Å²) >= 11 is 0. The molecule has 2 heteroatoms. The molecule has 0 aliphatic carbocycles. The van der Waals surface area contributed by atoms with Gasteiger partial charge in [0, 0.05) is 6.42 Å². The van der Waals surface area contributed by atoms with E-state index in [9.17, 15) is 9.59 Å². The SMILES string of the molecule is CC(C)=CCCC(C)=CC(=O)CC(C)=CC=O. The third-order valence-electron chi connectivity index (χ3n) is 2.30. The van der Waals surface area contributed by atoms with Crippen molar-refractivity contribution >= 4 is 12.1 Å². The van der Waals surface area contributed by atoms with E-state index in [1.54, 1.807) is 13.0 Å². The standard InChI is InChI=1S/C15H22O2/c1-12(2)6-5-7-13(3)10-15(17)11-14(4)8-9-16/h6,8-10H,5,7,11H2,1-4H3. The fourth-order valence-corrected chi connectivity index (χ4v) is 1.44. The Balaban J connectivity index is 4.20. The van der Waals surface area contributed by atoms with Crippen LogP contribution in [0.15, 0.2) is 34.9 Å². The zero-order chi connectivity index (χ0) is 13.3. The molecule has 0 spiro atoms. The van der Waals surface area contributed by atoms with Crippen molar-refractivity contribution in [1.29, 1.82) is 0 Å². The van der Waals surface area contributed by atoms with Crippen LogP contribution < -0.4 is 0 Å². The number of rotatable bonds is 7. The summed E-state index contributed by atoms with van der Waals surface area (Å²) in [7, 11) is 0. The summed E-state index contributed by atoms with van der Waals surface area (Å²) in [6.07, 6.45) is 8.21. The van der Waals surface area contributed by atoms with Gasteiger partial charge in [-0.3, -0.25) is 9.59 Å². The number of ketones is 1. The number of hydrogen-bond acceptors (Lipinski definition) is 2. The highest BCUT2D eigenvalue weighted by Crippen LogP contribution is 2.09. The maximum atomic E-state index is 11.6. The van der Waals surface area contributed by atoms with Gasteiger partial charge in [0.25, 0.3) is 0 Å². The highest BCUT2D eigenvalue weighted by atomic mass is 16.1. The Bertz CT molecular complexity index is 353. The van der Waals surface area contributed by atoms with Crippen LogP contribution in [-0.4, -0.2) is 12.1 Å². The largest absolute Gasteiger partial charge is 0.299 e. The first kappa shape index (κ1) is 15.6. The average molecular weight is 234 g/mol. The molecule has 0 aromatic rings. The molecule has 0 unspecified atom stereocenters. The Morgan fingerprint density at radius 3 is 2.24 bits per heavy atom. The van der Waals surface area contributed by atoms with Crippen molar-refractivity contribution in [3.05, 3.63) is 34.9 Å². The molecule has 0 rings (SSSR count). The highest BCUT2D eigenvalue weighted by molar-refractivity contribution is 5.92. The summed E-state index contributed by atoms with van der Waals surface area (Å²) in [4.78, 5) is 21.8. The van der Waals surface area contributed by atoms with Crippen LogP contribution in [0.1, 0.15) is 47.0 Å². The van der Waals surface area contributed by atoms with Crippen LogP contribution in [-0.2, 0) is 9.59 Å². The minimum absolute atomic E-state index is 0.0651. The number of allylic oxidation sites excluding steroid dienone is 6. The quantitative estimate of drug-likeness (QED) is 0.381. The lowest BCUT2D eigenvalue weighted by molar-refractivity contribution is -0.114. The maximum Gasteiger partial charge on any atom is 0.159 e. The van der Waals surface area contributed by atoms with Crippen LogP contribution in [0.3, 0.4) is 0 Å². The molecule has 0 aromatic carbocycles. The molecule has 0 saturated heterocycles. The Labute approximate surface area is 104 Å². The molecule has 0 radical (unpaired) electrons. The number of carbonyl (C=O) groups excluding carboxylic acids is 2. The topological polar surface area (TPSA) is 34.1 Å². The normalized spacial score (nSPS) is 12.2. The number of carbonyl (C=O) groups is 2. The third kappa shape index (κ3) is 9.49. The van der Waals surface area contributed by atoms with Crippen molar-refractivity contribution in [3.63, 3.8) is 0 Å². The summed E-state index contributed by atoms with van der Waals surface area (Å²) in [5.41, 5.74) is 3.19. The molecule has 0 aliphatic rings. The smallest absolute Gasteiger partial charge is 0.159 e. The van der Waals surface area contributed by atoms with Crippen molar-refractivity contribution in [1.82, 2.24) is 0 Å². The highest BCUT2D eigenvalue weighted by Gasteiger charge is 2.00. The molecule has 94 valence electrons. The zero-order valence-electron chi connectivity index (χ0n) is 11.2. The Hall–Kier alpha value is -1.44. The van der Waals surface area contributed by atoms with Gasteiger partial charge in [0.1, 0.15) is 6.29 Å². The van der Waals surface area contributed by atoms with E-state index in [-0.39, 0.29) is 5.78 Å². The van der Waals surface area contributed by atoms with Crippen molar-refractivity contribution in [2.75, 3.05) is 0 Å². The molecular formula is C15H22O2. The lowest BCUT2D eigenvalue weighted by atomic mass is 10.1. The van der Waals surface area contributed by atoms with E-state index in [1.807, 2.05) is 6.92 Å². The average Bonchev–Trinajstić information content (AvgIpc) is 2.16. The number of hydrogen-bond donors (Lipinski definition) is 0. The second-order valence-corrected chi connectivity index (χ2v) is 4.60. The summed E-state index contributed by atoms with van der Waals surface area (Å²) in [6.45, 7) is 7.89. The van der Waals surface area contributed by atoms with Crippen LogP contribution in [0.4, 0.5) is 0 Å². The molecule has 0 N–H and O–H groups in total. The first-order chi connectivity index (χ1) is 7.95. The van der Waals surface area contributed by atoms with E-state index >= 15 is 0 Å². The predicted molar refractivity (Wildman–Crippen MR) is 71.9 cm³/mol. The Kier molecular flexibility index (Phi) is 7.95. The van der Waals surface area contributed by atoms with Crippen molar-refractivity contribution < 1.29 is 9.59 Å². The van der Waals surface area contributed by atoms with Crippen molar-refractivity contribution in [2.24, 2.45) is 0 Å². The van der Waals surface area contributed by atoms with E-state index in [0.29, 0.717) is 12.7 Å². The molecule has 0 aliphatic heterocycles. The van der Waals surface area contributed by atoms with Crippen molar-refractivity contribution in [2.45, 2.75) is 47.0 Å². The summed E-state index contributed by atoms with van der Waals surface area (Å²) in [5, 5.41) is 0. The van der Waals surface area contributed by atoms with Gasteiger partial charge in [-0.25, -0.2) is 0 Å². The van der Waals surface area contributed by atoms with Crippen LogP contribution in [0, 0.1) is 0 Å². The first-order valence-corrected chi connectivity index (χ1v) is 5.90. The van der Waals surface area contributed by atoms with Gasteiger partial charge in [-0.05, 0) is 52.7 Å². The minimum Gasteiger partial charge on any atom is -0.299 e. The van der Waals surface area contributed by atoms with E-state index in [0.717, 1.165) is 24.0 Å². The second-order valence-electron chi connectivity index (χ2n) is 4.60. The molecule has 0 aromatic heterocycles. The van der Waals surface area contributed by atoms with Gasteiger partial charge in [-0.2, -0.15) is 0 Å². The molecule has 0 fully saturated rings.